The van der Waals surface area contributed by atoms with Crippen LogP contribution < -0.4 is 16.4 Å². The van der Waals surface area contributed by atoms with E-state index in [9.17, 15) is 9.59 Å². The number of carbonyl (C=O) groups is 2. The first-order valence-corrected chi connectivity index (χ1v) is 12.8. The van der Waals surface area contributed by atoms with E-state index in [1.165, 1.54) is 18.2 Å². The standard InChI is InChI=1S/C32H23Cl2N3O2/c33-26-9-1-5-20(14-26)22-7-3-11-29(18-22)36-31(38)24-13-25(17-28(35)16-24)32(39)37-30-12-4-8-23(19-30)21-6-2-10-27(34)15-21/h1-19H,35H2,(H,36,38)(H,37,39). The minimum atomic E-state index is -0.387. The Labute approximate surface area is 236 Å². The first-order chi connectivity index (χ1) is 18.8. The van der Waals surface area contributed by atoms with Crippen molar-refractivity contribution < 1.29 is 9.59 Å². The topological polar surface area (TPSA) is 84.2 Å². The second-order valence-electron chi connectivity index (χ2n) is 8.93. The quantitative estimate of drug-likeness (QED) is 0.185. The van der Waals surface area contributed by atoms with Crippen LogP contribution in [0.25, 0.3) is 22.3 Å². The molecule has 0 heterocycles. The minimum absolute atomic E-state index is 0.265. The smallest absolute Gasteiger partial charge is 0.255 e. The Kier molecular flexibility index (Phi) is 7.64. The second-order valence-corrected chi connectivity index (χ2v) is 9.81. The maximum Gasteiger partial charge on any atom is 0.255 e. The third-order valence-electron chi connectivity index (χ3n) is 6.04. The van der Waals surface area contributed by atoms with Gasteiger partial charge in [-0.25, -0.2) is 0 Å². The van der Waals surface area contributed by atoms with Crippen molar-refractivity contribution in [1.29, 1.82) is 0 Å². The summed E-state index contributed by atoms with van der Waals surface area (Å²) in [5, 5.41) is 7.03. The number of nitrogens with two attached hydrogens (primary N) is 1. The maximum atomic E-state index is 13.1. The molecule has 0 saturated heterocycles. The number of nitrogen functional groups attached to an aromatic ring is 1. The highest BCUT2D eigenvalue weighted by Crippen LogP contribution is 2.27. The summed E-state index contributed by atoms with van der Waals surface area (Å²) in [6.07, 6.45) is 0. The molecule has 0 fully saturated rings. The van der Waals surface area contributed by atoms with Crippen LogP contribution >= 0.6 is 23.2 Å². The van der Waals surface area contributed by atoms with Gasteiger partial charge < -0.3 is 16.4 Å². The number of rotatable bonds is 6. The number of halogens is 2. The van der Waals surface area contributed by atoms with Gasteiger partial charge in [0.1, 0.15) is 0 Å². The van der Waals surface area contributed by atoms with E-state index in [1.54, 1.807) is 24.3 Å². The SMILES string of the molecule is Nc1cc(C(=O)Nc2cccc(-c3cccc(Cl)c3)c2)cc(C(=O)Nc2cccc(-c3cccc(Cl)c3)c2)c1. The molecule has 0 radical (unpaired) electrons. The number of hydrogen-bond acceptors (Lipinski definition) is 3. The van der Waals surface area contributed by atoms with E-state index >= 15 is 0 Å². The molecule has 0 aliphatic heterocycles. The lowest BCUT2D eigenvalue weighted by molar-refractivity contribution is 0.102. The summed E-state index contributed by atoms with van der Waals surface area (Å²) in [6, 6.07) is 34.4. The molecule has 192 valence electrons. The van der Waals surface area contributed by atoms with Gasteiger partial charge in [0.05, 0.1) is 0 Å². The molecule has 7 heteroatoms. The Morgan fingerprint density at radius 2 is 0.897 bits per heavy atom. The number of anilines is 3. The Bertz CT molecular complexity index is 1580. The van der Waals surface area contributed by atoms with E-state index < -0.39 is 0 Å². The van der Waals surface area contributed by atoms with Crippen LogP contribution in [0.4, 0.5) is 17.1 Å². The summed E-state index contributed by atoms with van der Waals surface area (Å²) in [4.78, 5) is 26.2. The summed E-state index contributed by atoms with van der Waals surface area (Å²) >= 11 is 12.3. The molecule has 0 unspecified atom stereocenters. The predicted molar refractivity (Wildman–Crippen MR) is 161 cm³/mol. The van der Waals surface area contributed by atoms with Crippen LogP contribution in [0.1, 0.15) is 20.7 Å². The fraction of sp³-hybridized carbons (Fsp3) is 0. The van der Waals surface area contributed by atoms with Crippen molar-refractivity contribution in [2.45, 2.75) is 0 Å². The summed E-state index contributed by atoms with van der Waals surface area (Å²) in [6.45, 7) is 0. The van der Waals surface area contributed by atoms with Crippen LogP contribution in [0.2, 0.25) is 10.0 Å². The lowest BCUT2D eigenvalue weighted by Gasteiger charge is -2.11. The molecule has 0 spiro atoms. The number of hydrogen-bond donors (Lipinski definition) is 3. The zero-order valence-corrected chi connectivity index (χ0v) is 22.1. The molecule has 4 N–H and O–H groups in total. The van der Waals surface area contributed by atoms with Crippen molar-refractivity contribution in [2.24, 2.45) is 0 Å². The maximum absolute atomic E-state index is 13.1. The Hall–Kier alpha value is -4.58. The summed E-state index contributed by atoms with van der Waals surface area (Å²) in [5.41, 5.74) is 11.8. The van der Waals surface area contributed by atoms with Crippen LogP contribution in [0.5, 0.6) is 0 Å². The molecule has 0 aromatic heterocycles. The molecular weight excluding hydrogens is 529 g/mol. The first-order valence-electron chi connectivity index (χ1n) is 12.1. The molecule has 2 amide bonds. The van der Waals surface area contributed by atoms with Gasteiger partial charge in [0.15, 0.2) is 0 Å². The van der Waals surface area contributed by atoms with Gasteiger partial charge in [-0.1, -0.05) is 71.7 Å². The lowest BCUT2D eigenvalue weighted by atomic mass is 10.0. The van der Waals surface area contributed by atoms with Gasteiger partial charge in [-0.15, -0.1) is 0 Å². The molecule has 5 rings (SSSR count). The van der Waals surface area contributed by atoms with E-state index in [0.29, 0.717) is 27.1 Å². The van der Waals surface area contributed by atoms with E-state index in [-0.39, 0.29) is 22.9 Å². The average molecular weight is 552 g/mol. The van der Waals surface area contributed by atoms with E-state index in [1.807, 2.05) is 72.8 Å². The van der Waals surface area contributed by atoms with Crippen LogP contribution in [0.3, 0.4) is 0 Å². The molecule has 5 aromatic carbocycles. The van der Waals surface area contributed by atoms with Crippen molar-refractivity contribution in [1.82, 2.24) is 0 Å². The Morgan fingerprint density at radius 3 is 1.31 bits per heavy atom. The molecule has 0 aliphatic rings. The van der Waals surface area contributed by atoms with Gasteiger partial charge in [-0.3, -0.25) is 9.59 Å². The van der Waals surface area contributed by atoms with Gasteiger partial charge in [0.25, 0.3) is 11.8 Å². The normalized spacial score (nSPS) is 10.6. The van der Waals surface area contributed by atoms with E-state index in [0.717, 1.165) is 22.3 Å². The third kappa shape index (κ3) is 6.47. The third-order valence-corrected chi connectivity index (χ3v) is 6.51. The van der Waals surface area contributed by atoms with Gasteiger partial charge in [-0.05, 0) is 89.0 Å². The second kappa shape index (κ2) is 11.4. The van der Waals surface area contributed by atoms with Crippen molar-refractivity contribution in [3.05, 3.63) is 136 Å². The van der Waals surface area contributed by atoms with Crippen molar-refractivity contribution in [3.8, 4) is 22.3 Å². The zero-order chi connectivity index (χ0) is 27.4. The molecule has 5 aromatic rings. The summed E-state index contributed by atoms with van der Waals surface area (Å²) in [7, 11) is 0. The molecule has 39 heavy (non-hydrogen) atoms. The van der Waals surface area contributed by atoms with Gasteiger partial charge >= 0.3 is 0 Å². The molecule has 0 bridgehead atoms. The number of benzene rings is 5. The molecule has 0 aliphatic carbocycles. The zero-order valence-electron chi connectivity index (χ0n) is 20.6. The lowest BCUT2D eigenvalue weighted by Crippen LogP contribution is -2.16. The van der Waals surface area contributed by atoms with Crippen LogP contribution in [-0.4, -0.2) is 11.8 Å². The van der Waals surface area contributed by atoms with Crippen LogP contribution in [-0.2, 0) is 0 Å². The number of carbonyl (C=O) groups excluding carboxylic acids is 2. The summed E-state index contributed by atoms with van der Waals surface area (Å²) in [5.74, 6) is -0.773. The largest absolute Gasteiger partial charge is 0.399 e. The van der Waals surface area contributed by atoms with Crippen molar-refractivity contribution in [2.75, 3.05) is 16.4 Å². The molecule has 0 saturated carbocycles. The molecule has 0 atom stereocenters. The van der Waals surface area contributed by atoms with Crippen molar-refractivity contribution in [3.63, 3.8) is 0 Å². The minimum Gasteiger partial charge on any atom is -0.399 e. The van der Waals surface area contributed by atoms with Gasteiger partial charge in [0, 0.05) is 38.2 Å². The van der Waals surface area contributed by atoms with E-state index in [4.69, 9.17) is 28.9 Å². The highest BCUT2D eigenvalue weighted by molar-refractivity contribution is 6.31. The van der Waals surface area contributed by atoms with E-state index in [2.05, 4.69) is 10.6 Å². The number of nitrogens with one attached hydrogen (secondary N) is 2. The first kappa shape index (κ1) is 26.0. The van der Waals surface area contributed by atoms with Gasteiger partial charge in [0.2, 0.25) is 0 Å². The van der Waals surface area contributed by atoms with Gasteiger partial charge in [-0.2, -0.15) is 0 Å². The average Bonchev–Trinajstić information content (AvgIpc) is 2.93. The molecular formula is C32H23Cl2N3O2. The molecule has 5 nitrogen and oxygen atoms in total. The fourth-order valence-corrected chi connectivity index (χ4v) is 4.59. The van der Waals surface area contributed by atoms with Crippen molar-refractivity contribution >= 4 is 52.1 Å². The monoisotopic (exact) mass is 551 g/mol. The Morgan fingerprint density at radius 1 is 0.513 bits per heavy atom. The Balaban J connectivity index is 1.33. The summed E-state index contributed by atoms with van der Waals surface area (Å²) < 4.78 is 0. The highest BCUT2D eigenvalue weighted by atomic mass is 35.5. The number of amides is 2. The fourth-order valence-electron chi connectivity index (χ4n) is 4.21. The predicted octanol–water partition coefficient (Wildman–Crippen LogP) is 8.41. The highest BCUT2D eigenvalue weighted by Gasteiger charge is 2.14. The van der Waals surface area contributed by atoms with Crippen LogP contribution in [0, 0.1) is 0 Å². The van der Waals surface area contributed by atoms with Crippen LogP contribution in [0.15, 0.2) is 115 Å².